The van der Waals surface area contributed by atoms with Crippen molar-refractivity contribution in [2.24, 2.45) is 0 Å². The summed E-state index contributed by atoms with van der Waals surface area (Å²) in [5.74, 6) is -0.0679. The van der Waals surface area contributed by atoms with Crippen LogP contribution in [0.15, 0.2) is 30.9 Å². The summed E-state index contributed by atoms with van der Waals surface area (Å²) >= 11 is 0. The van der Waals surface area contributed by atoms with Crippen LogP contribution in [0.3, 0.4) is 0 Å². The molecule has 2 N–H and O–H groups in total. The summed E-state index contributed by atoms with van der Waals surface area (Å²) in [6.07, 6.45) is 2.89. The van der Waals surface area contributed by atoms with E-state index in [9.17, 15) is 4.79 Å². The van der Waals surface area contributed by atoms with Gasteiger partial charge < -0.3 is 0 Å². The molecule has 16 heavy (non-hydrogen) atoms. The van der Waals surface area contributed by atoms with Crippen LogP contribution >= 0.6 is 0 Å². The highest BCUT2D eigenvalue weighted by molar-refractivity contribution is 5.95. The van der Waals surface area contributed by atoms with E-state index in [0.717, 1.165) is 0 Å². The zero-order valence-electron chi connectivity index (χ0n) is 8.58. The van der Waals surface area contributed by atoms with Crippen molar-refractivity contribution in [1.82, 2.24) is 14.8 Å². The third-order valence-electron chi connectivity index (χ3n) is 2.19. The number of aromatic nitrogens is 3. The molecule has 1 aromatic carbocycles. The van der Waals surface area contributed by atoms with Gasteiger partial charge in [0.1, 0.15) is 12.7 Å². The lowest BCUT2D eigenvalue weighted by Gasteiger charge is -2.08. The smallest absolute Gasteiger partial charge is 0.159 e. The van der Waals surface area contributed by atoms with Crippen molar-refractivity contribution in [3.63, 3.8) is 0 Å². The van der Waals surface area contributed by atoms with Gasteiger partial charge >= 0.3 is 0 Å². The first-order chi connectivity index (χ1) is 7.72. The summed E-state index contributed by atoms with van der Waals surface area (Å²) in [5.41, 5.74) is 3.57. The molecule has 0 aliphatic carbocycles. The lowest BCUT2D eigenvalue weighted by atomic mass is 10.1. The van der Waals surface area contributed by atoms with Crippen LogP contribution in [-0.2, 0) is 0 Å². The average Bonchev–Trinajstić information content (AvgIpc) is 2.81. The molecule has 0 amide bonds. The van der Waals surface area contributed by atoms with Crippen LogP contribution in [0.25, 0.3) is 5.69 Å². The summed E-state index contributed by atoms with van der Waals surface area (Å²) in [5, 5.41) is 12.9. The predicted octanol–water partition coefficient (Wildman–Crippen LogP) is 1.27. The number of hydrogen-bond acceptors (Lipinski definition) is 5. The molecule has 6 nitrogen and oxygen atoms in total. The van der Waals surface area contributed by atoms with Gasteiger partial charge in [0, 0.05) is 5.56 Å². The quantitative estimate of drug-likeness (QED) is 0.599. The SMILES string of the molecule is CC(=O)c1ccc(-n2cncn2)c(NO)c1. The third-order valence-corrected chi connectivity index (χ3v) is 2.19. The molecule has 0 unspecified atom stereocenters. The van der Waals surface area contributed by atoms with Crippen LogP contribution in [0.4, 0.5) is 5.69 Å². The highest BCUT2D eigenvalue weighted by Gasteiger charge is 2.08. The van der Waals surface area contributed by atoms with Crippen LogP contribution in [-0.4, -0.2) is 25.8 Å². The number of anilines is 1. The molecule has 0 atom stereocenters. The van der Waals surface area contributed by atoms with E-state index in [1.807, 2.05) is 5.48 Å². The Hall–Kier alpha value is -2.21. The van der Waals surface area contributed by atoms with Gasteiger partial charge in [-0.1, -0.05) is 0 Å². The average molecular weight is 218 g/mol. The summed E-state index contributed by atoms with van der Waals surface area (Å²) in [7, 11) is 0. The highest BCUT2D eigenvalue weighted by Crippen LogP contribution is 2.20. The number of carbonyl (C=O) groups excluding carboxylic acids is 1. The Bertz CT molecular complexity index is 508. The zero-order chi connectivity index (χ0) is 11.5. The van der Waals surface area contributed by atoms with E-state index in [-0.39, 0.29) is 5.78 Å². The van der Waals surface area contributed by atoms with Crippen molar-refractivity contribution < 1.29 is 10.0 Å². The van der Waals surface area contributed by atoms with E-state index < -0.39 is 0 Å². The van der Waals surface area contributed by atoms with Gasteiger partial charge in [-0.25, -0.2) is 9.67 Å². The minimum atomic E-state index is -0.0679. The fraction of sp³-hybridized carbons (Fsp3) is 0.100. The molecule has 1 heterocycles. The Morgan fingerprint density at radius 1 is 1.50 bits per heavy atom. The fourth-order valence-corrected chi connectivity index (χ4v) is 1.38. The topological polar surface area (TPSA) is 80.0 Å². The Labute approximate surface area is 91.5 Å². The zero-order valence-corrected chi connectivity index (χ0v) is 8.58. The molecule has 0 saturated carbocycles. The molecule has 1 aromatic heterocycles. The van der Waals surface area contributed by atoms with Gasteiger partial charge in [-0.3, -0.25) is 15.5 Å². The second-order valence-electron chi connectivity index (χ2n) is 3.24. The summed E-state index contributed by atoms with van der Waals surface area (Å²) in [6.45, 7) is 1.46. The summed E-state index contributed by atoms with van der Waals surface area (Å²) in [4.78, 5) is 15.0. The number of carbonyl (C=O) groups is 1. The molecule has 0 aliphatic heterocycles. The largest absolute Gasteiger partial charge is 0.295 e. The first kappa shape index (κ1) is 10.3. The molecule has 2 rings (SSSR count). The Morgan fingerprint density at radius 2 is 2.31 bits per heavy atom. The second kappa shape index (κ2) is 4.11. The molecule has 82 valence electrons. The van der Waals surface area contributed by atoms with Crippen molar-refractivity contribution in [1.29, 1.82) is 0 Å². The molecule has 0 aliphatic rings. The number of nitrogens with zero attached hydrogens (tertiary/aromatic N) is 3. The summed E-state index contributed by atoms with van der Waals surface area (Å²) < 4.78 is 1.49. The Kier molecular flexibility index (Phi) is 2.65. The number of benzene rings is 1. The van der Waals surface area contributed by atoms with Crippen molar-refractivity contribution in [2.45, 2.75) is 6.92 Å². The monoisotopic (exact) mass is 218 g/mol. The molecule has 0 spiro atoms. The van der Waals surface area contributed by atoms with Crippen LogP contribution in [0.1, 0.15) is 17.3 Å². The molecular formula is C10H10N4O2. The lowest BCUT2D eigenvalue weighted by Crippen LogP contribution is -2.03. The standard InChI is InChI=1S/C10H10N4O2/c1-7(15)8-2-3-10(9(4-8)13-16)14-6-11-5-12-14/h2-6,13,16H,1H3. The van der Waals surface area contributed by atoms with Gasteiger partial charge in [-0.15, -0.1) is 0 Å². The minimum absolute atomic E-state index is 0.0679. The van der Waals surface area contributed by atoms with Crippen molar-refractivity contribution >= 4 is 11.5 Å². The molecular weight excluding hydrogens is 208 g/mol. The van der Waals surface area contributed by atoms with Gasteiger partial charge in [0.15, 0.2) is 5.78 Å². The van der Waals surface area contributed by atoms with E-state index in [2.05, 4.69) is 10.1 Å². The molecule has 0 saturated heterocycles. The number of hydrogen-bond donors (Lipinski definition) is 2. The van der Waals surface area contributed by atoms with Crippen LogP contribution in [0.2, 0.25) is 0 Å². The number of ketones is 1. The number of nitrogens with one attached hydrogen (secondary N) is 1. The normalized spacial score (nSPS) is 10.1. The maximum atomic E-state index is 11.2. The van der Waals surface area contributed by atoms with Crippen LogP contribution in [0.5, 0.6) is 0 Å². The molecule has 0 bridgehead atoms. The summed E-state index contributed by atoms with van der Waals surface area (Å²) in [6, 6.07) is 4.91. The van der Waals surface area contributed by atoms with Gasteiger partial charge in [-0.2, -0.15) is 5.10 Å². The van der Waals surface area contributed by atoms with Gasteiger partial charge in [0.25, 0.3) is 0 Å². The predicted molar refractivity (Wildman–Crippen MR) is 56.8 cm³/mol. The lowest BCUT2D eigenvalue weighted by molar-refractivity contribution is 0.101. The number of rotatable bonds is 3. The first-order valence-corrected chi connectivity index (χ1v) is 4.62. The van der Waals surface area contributed by atoms with E-state index in [0.29, 0.717) is 16.9 Å². The van der Waals surface area contributed by atoms with Crippen molar-refractivity contribution in [2.75, 3.05) is 5.48 Å². The third kappa shape index (κ3) is 1.78. The van der Waals surface area contributed by atoms with E-state index in [1.54, 1.807) is 18.2 Å². The van der Waals surface area contributed by atoms with Gasteiger partial charge in [-0.05, 0) is 25.1 Å². The van der Waals surface area contributed by atoms with Gasteiger partial charge in [0.2, 0.25) is 0 Å². The fourth-order valence-electron chi connectivity index (χ4n) is 1.38. The van der Waals surface area contributed by atoms with Crippen molar-refractivity contribution in [3.05, 3.63) is 36.4 Å². The first-order valence-electron chi connectivity index (χ1n) is 4.62. The van der Waals surface area contributed by atoms with E-state index in [4.69, 9.17) is 5.21 Å². The molecule has 6 heteroatoms. The van der Waals surface area contributed by atoms with Crippen molar-refractivity contribution in [3.8, 4) is 5.69 Å². The second-order valence-corrected chi connectivity index (χ2v) is 3.24. The molecule has 0 radical (unpaired) electrons. The minimum Gasteiger partial charge on any atom is -0.295 e. The number of Topliss-reactive ketones (excluding diaryl/α,β-unsaturated/α-hetero) is 1. The maximum Gasteiger partial charge on any atom is 0.159 e. The Morgan fingerprint density at radius 3 is 2.88 bits per heavy atom. The van der Waals surface area contributed by atoms with E-state index >= 15 is 0 Å². The molecule has 2 aromatic rings. The van der Waals surface area contributed by atoms with Crippen LogP contribution in [0, 0.1) is 0 Å². The molecule has 0 fully saturated rings. The van der Waals surface area contributed by atoms with Crippen LogP contribution < -0.4 is 5.48 Å². The van der Waals surface area contributed by atoms with Gasteiger partial charge in [0.05, 0.1) is 11.4 Å². The van der Waals surface area contributed by atoms with E-state index in [1.165, 1.54) is 24.3 Å². The highest BCUT2D eigenvalue weighted by atomic mass is 16.5. The Balaban J connectivity index is 2.51. The maximum absolute atomic E-state index is 11.2.